The van der Waals surface area contributed by atoms with Crippen LogP contribution in [-0.2, 0) is 0 Å². The van der Waals surface area contributed by atoms with Crippen molar-refractivity contribution in [1.29, 1.82) is 0 Å². The van der Waals surface area contributed by atoms with Crippen LogP contribution in [0.25, 0.3) is 0 Å². The predicted molar refractivity (Wildman–Crippen MR) is 80.4 cm³/mol. The van der Waals surface area contributed by atoms with Gasteiger partial charge < -0.3 is 0 Å². The van der Waals surface area contributed by atoms with E-state index in [-0.39, 0.29) is 5.78 Å². The molecule has 0 fully saturated rings. The first-order valence-electron chi connectivity index (χ1n) is 6.49. The van der Waals surface area contributed by atoms with E-state index in [1.165, 1.54) is 4.90 Å². The number of hydrogen-bond acceptors (Lipinski definition) is 2. The van der Waals surface area contributed by atoms with Gasteiger partial charge in [-0.05, 0) is 36.1 Å². The third-order valence-electron chi connectivity index (χ3n) is 2.91. The van der Waals surface area contributed by atoms with Crippen LogP contribution < -0.4 is 0 Å². The molecule has 0 aliphatic carbocycles. The highest BCUT2D eigenvalue weighted by molar-refractivity contribution is 7.98. The molecule has 0 aromatic heterocycles. The van der Waals surface area contributed by atoms with Gasteiger partial charge in [-0.15, -0.1) is 11.8 Å². The quantitative estimate of drug-likeness (QED) is 0.546. The number of carbonyl (C=O) groups is 1. The van der Waals surface area contributed by atoms with Gasteiger partial charge in [-0.2, -0.15) is 0 Å². The zero-order valence-corrected chi connectivity index (χ0v) is 12.9. The summed E-state index contributed by atoms with van der Waals surface area (Å²) < 4.78 is 0. The highest BCUT2D eigenvalue weighted by Crippen LogP contribution is 2.27. The van der Waals surface area contributed by atoms with E-state index in [0.29, 0.717) is 17.8 Å². The highest BCUT2D eigenvalue weighted by Gasteiger charge is 2.18. The number of benzene rings is 1. The molecular weight excluding hydrogens is 240 g/mol. The molecule has 2 heteroatoms. The molecule has 1 aromatic rings. The fraction of sp³-hybridized carbons (Fsp3) is 0.562. The average Bonchev–Trinajstić information content (AvgIpc) is 2.26. The molecular formula is C16H24OS. The molecule has 1 unspecified atom stereocenters. The topological polar surface area (TPSA) is 17.1 Å². The SMILES string of the molecule is CSc1ccc(C(=O)CC(C)CC(C)(C)C)cc1. The van der Waals surface area contributed by atoms with Crippen molar-refractivity contribution < 1.29 is 4.79 Å². The second kappa shape index (κ2) is 6.42. The maximum absolute atomic E-state index is 12.1. The summed E-state index contributed by atoms with van der Waals surface area (Å²) in [4.78, 5) is 13.3. The average molecular weight is 264 g/mol. The van der Waals surface area contributed by atoms with E-state index in [1.54, 1.807) is 11.8 Å². The maximum Gasteiger partial charge on any atom is 0.163 e. The Hall–Kier alpha value is -0.760. The number of Topliss-reactive ketones (excluding diaryl/α,β-unsaturated/α-hetero) is 1. The molecule has 0 aliphatic heterocycles. The lowest BCUT2D eigenvalue weighted by Crippen LogP contribution is -2.14. The number of ketones is 1. The van der Waals surface area contributed by atoms with Crippen molar-refractivity contribution >= 4 is 17.5 Å². The van der Waals surface area contributed by atoms with Crippen LogP contribution in [0.3, 0.4) is 0 Å². The summed E-state index contributed by atoms with van der Waals surface area (Å²) in [5, 5.41) is 0. The molecule has 1 nitrogen and oxygen atoms in total. The van der Waals surface area contributed by atoms with Crippen LogP contribution in [0.5, 0.6) is 0 Å². The first-order valence-corrected chi connectivity index (χ1v) is 7.71. The van der Waals surface area contributed by atoms with Crippen molar-refractivity contribution in [2.75, 3.05) is 6.26 Å². The monoisotopic (exact) mass is 264 g/mol. The minimum absolute atomic E-state index is 0.263. The number of hydrogen-bond donors (Lipinski definition) is 0. The third-order valence-corrected chi connectivity index (χ3v) is 3.65. The van der Waals surface area contributed by atoms with Crippen molar-refractivity contribution in [1.82, 2.24) is 0 Å². The fourth-order valence-corrected chi connectivity index (χ4v) is 2.74. The molecule has 0 amide bonds. The largest absolute Gasteiger partial charge is 0.294 e. The molecule has 0 heterocycles. The van der Waals surface area contributed by atoms with Gasteiger partial charge in [-0.1, -0.05) is 39.8 Å². The van der Waals surface area contributed by atoms with E-state index in [2.05, 4.69) is 27.7 Å². The molecule has 1 atom stereocenters. The van der Waals surface area contributed by atoms with E-state index < -0.39 is 0 Å². The van der Waals surface area contributed by atoms with E-state index in [0.717, 1.165) is 12.0 Å². The third kappa shape index (κ3) is 5.26. The van der Waals surface area contributed by atoms with Crippen molar-refractivity contribution in [2.45, 2.75) is 45.4 Å². The van der Waals surface area contributed by atoms with Crippen molar-refractivity contribution in [2.24, 2.45) is 11.3 Å². The summed E-state index contributed by atoms with van der Waals surface area (Å²) in [7, 11) is 0. The van der Waals surface area contributed by atoms with Gasteiger partial charge >= 0.3 is 0 Å². The second-order valence-electron chi connectivity index (χ2n) is 6.23. The molecule has 0 radical (unpaired) electrons. The predicted octanol–water partition coefficient (Wildman–Crippen LogP) is 5.05. The summed E-state index contributed by atoms with van der Waals surface area (Å²) in [5.41, 5.74) is 1.14. The van der Waals surface area contributed by atoms with Crippen LogP contribution in [0.15, 0.2) is 29.2 Å². The van der Waals surface area contributed by atoms with Crippen molar-refractivity contribution in [3.8, 4) is 0 Å². The Kier molecular flexibility index (Phi) is 5.46. The lowest BCUT2D eigenvalue weighted by molar-refractivity contribution is 0.0954. The van der Waals surface area contributed by atoms with E-state index in [9.17, 15) is 4.79 Å². The molecule has 1 rings (SSSR count). The summed E-state index contributed by atoms with van der Waals surface area (Å²) >= 11 is 1.70. The Labute approximate surface area is 115 Å². The standard InChI is InChI=1S/C16H24OS/c1-12(11-16(2,3)4)10-15(17)13-6-8-14(18-5)9-7-13/h6-9,12H,10-11H2,1-5H3. The fourth-order valence-electron chi connectivity index (χ4n) is 2.33. The summed E-state index contributed by atoms with van der Waals surface area (Å²) in [6.45, 7) is 8.84. The van der Waals surface area contributed by atoms with Gasteiger partial charge in [0.25, 0.3) is 0 Å². The minimum Gasteiger partial charge on any atom is -0.294 e. The molecule has 0 saturated heterocycles. The number of thioether (sulfide) groups is 1. The molecule has 0 aliphatic rings. The number of carbonyl (C=O) groups excluding carboxylic acids is 1. The van der Waals surface area contributed by atoms with Gasteiger partial charge in [-0.3, -0.25) is 4.79 Å². The van der Waals surface area contributed by atoms with Gasteiger partial charge in [0, 0.05) is 16.9 Å². The van der Waals surface area contributed by atoms with Crippen molar-refractivity contribution in [3.05, 3.63) is 29.8 Å². The van der Waals surface area contributed by atoms with Gasteiger partial charge in [0.15, 0.2) is 5.78 Å². The van der Waals surface area contributed by atoms with Crippen LogP contribution in [0, 0.1) is 11.3 Å². The van der Waals surface area contributed by atoms with Crippen molar-refractivity contribution in [3.63, 3.8) is 0 Å². The highest BCUT2D eigenvalue weighted by atomic mass is 32.2. The Morgan fingerprint density at radius 2 is 1.78 bits per heavy atom. The van der Waals surface area contributed by atoms with Gasteiger partial charge in [-0.25, -0.2) is 0 Å². The van der Waals surface area contributed by atoms with E-state index in [1.807, 2.05) is 30.5 Å². The van der Waals surface area contributed by atoms with Crippen LogP contribution in [-0.4, -0.2) is 12.0 Å². The Bertz CT molecular complexity index is 387. The van der Waals surface area contributed by atoms with Crippen LogP contribution in [0.1, 0.15) is 50.9 Å². The zero-order chi connectivity index (χ0) is 13.8. The first kappa shape index (κ1) is 15.3. The summed E-state index contributed by atoms with van der Waals surface area (Å²) in [5.74, 6) is 0.706. The van der Waals surface area contributed by atoms with Gasteiger partial charge in [0.1, 0.15) is 0 Å². The Morgan fingerprint density at radius 1 is 1.22 bits per heavy atom. The Morgan fingerprint density at radius 3 is 2.22 bits per heavy atom. The number of rotatable bonds is 5. The van der Waals surface area contributed by atoms with E-state index in [4.69, 9.17) is 0 Å². The molecule has 1 aromatic carbocycles. The van der Waals surface area contributed by atoms with Gasteiger partial charge in [0.2, 0.25) is 0 Å². The molecule has 0 bridgehead atoms. The smallest absolute Gasteiger partial charge is 0.163 e. The molecule has 0 N–H and O–H groups in total. The van der Waals surface area contributed by atoms with Gasteiger partial charge in [0.05, 0.1) is 0 Å². The normalized spacial score (nSPS) is 13.4. The molecule has 100 valence electrons. The zero-order valence-electron chi connectivity index (χ0n) is 12.1. The van der Waals surface area contributed by atoms with Crippen LogP contribution in [0.2, 0.25) is 0 Å². The molecule has 18 heavy (non-hydrogen) atoms. The molecule has 0 spiro atoms. The summed E-state index contributed by atoms with van der Waals surface area (Å²) in [6, 6.07) is 7.93. The Balaban J connectivity index is 2.59. The van der Waals surface area contributed by atoms with E-state index >= 15 is 0 Å². The maximum atomic E-state index is 12.1. The summed E-state index contributed by atoms with van der Waals surface area (Å²) in [6.07, 6.45) is 3.78. The van der Waals surface area contributed by atoms with Crippen LogP contribution in [0.4, 0.5) is 0 Å². The minimum atomic E-state index is 0.263. The second-order valence-corrected chi connectivity index (χ2v) is 7.11. The van der Waals surface area contributed by atoms with Crippen LogP contribution >= 0.6 is 11.8 Å². The first-order chi connectivity index (χ1) is 8.31. The lowest BCUT2D eigenvalue weighted by Gasteiger charge is -2.22. The lowest BCUT2D eigenvalue weighted by atomic mass is 9.83. The molecule has 0 saturated carbocycles.